The first-order chi connectivity index (χ1) is 11.7. The van der Waals surface area contributed by atoms with E-state index in [9.17, 15) is 10.1 Å². The molecule has 118 valence electrons. The van der Waals surface area contributed by atoms with Crippen molar-refractivity contribution in [1.82, 2.24) is 10.3 Å². The zero-order valence-corrected chi connectivity index (χ0v) is 14.3. The number of amides is 1. The molecule has 0 bridgehead atoms. The molecule has 24 heavy (non-hydrogen) atoms. The van der Waals surface area contributed by atoms with Crippen LogP contribution in [0.1, 0.15) is 23.7 Å². The second kappa shape index (κ2) is 7.24. The van der Waals surface area contributed by atoms with Crippen LogP contribution in [0.2, 0.25) is 0 Å². The fraction of sp³-hybridized carbons (Fsp3) is 0.105. The normalized spacial score (nSPS) is 14.3. The Labute approximate surface area is 148 Å². The van der Waals surface area contributed by atoms with Crippen molar-refractivity contribution >= 4 is 27.9 Å². The number of nitrogens with zero attached hydrogens (tertiary/aromatic N) is 2. The van der Waals surface area contributed by atoms with Gasteiger partial charge in [-0.1, -0.05) is 42.5 Å². The van der Waals surface area contributed by atoms with Gasteiger partial charge in [0, 0.05) is 0 Å². The van der Waals surface area contributed by atoms with E-state index in [2.05, 4.69) is 32.3 Å². The molecule has 0 spiro atoms. The molecular weight excluding hydrogens is 366 g/mol. The molecule has 0 fully saturated rings. The van der Waals surface area contributed by atoms with E-state index < -0.39 is 5.91 Å². The quantitative estimate of drug-likeness (QED) is 0.370. The molecule has 1 amide bonds. The van der Waals surface area contributed by atoms with E-state index in [-0.39, 0.29) is 11.6 Å². The van der Waals surface area contributed by atoms with Gasteiger partial charge in [-0.2, -0.15) is 5.26 Å². The van der Waals surface area contributed by atoms with Gasteiger partial charge in [-0.15, -0.1) is 0 Å². The van der Waals surface area contributed by atoms with Crippen LogP contribution in [-0.4, -0.2) is 10.9 Å². The number of benzene rings is 1. The summed E-state index contributed by atoms with van der Waals surface area (Å²) in [6.45, 7) is 0. The highest BCUT2D eigenvalue weighted by Gasteiger charge is 2.25. The second-order valence-corrected chi connectivity index (χ2v) is 6.17. The van der Waals surface area contributed by atoms with E-state index in [1.54, 1.807) is 18.2 Å². The Kier molecular flexibility index (Phi) is 4.88. The lowest BCUT2D eigenvalue weighted by Crippen LogP contribution is -2.29. The number of carbonyl (C=O) groups excluding carboxylic acids is 1. The Morgan fingerprint density at radius 3 is 2.62 bits per heavy atom. The van der Waals surface area contributed by atoms with Crippen molar-refractivity contribution < 1.29 is 4.79 Å². The second-order valence-electron chi connectivity index (χ2n) is 5.36. The molecule has 1 heterocycles. The maximum absolute atomic E-state index is 12.5. The van der Waals surface area contributed by atoms with E-state index in [4.69, 9.17) is 0 Å². The van der Waals surface area contributed by atoms with Crippen molar-refractivity contribution in [2.24, 2.45) is 0 Å². The number of pyridine rings is 1. The van der Waals surface area contributed by atoms with E-state index >= 15 is 0 Å². The summed E-state index contributed by atoms with van der Waals surface area (Å²) >= 11 is 3.28. The molecule has 1 aliphatic carbocycles. The van der Waals surface area contributed by atoms with Gasteiger partial charge in [-0.05, 0) is 51.7 Å². The average molecular weight is 380 g/mol. The molecule has 0 unspecified atom stereocenters. The van der Waals surface area contributed by atoms with Gasteiger partial charge in [0.2, 0.25) is 0 Å². The van der Waals surface area contributed by atoms with Gasteiger partial charge in [0.25, 0.3) is 5.91 Å². The Morgan fingerprint density at radius 2 is 2.00 bits per heavy atom. The van der Waals surface area contributed by atoms with Crippen LogP contribution in [0.25, 0.3) is 6.08 Å². The van der Waals surface area contributed by atoms with E-state index in [1.165, 1.54) is 6.08 Å². The van der Waals surface area contributed by atoms with Crippen molar-refractivity contribution in [1.29, 1.82) is 5.26 Å². The number of halogens is 1. The largest absolute Gasteiger partial charge is 0.341 e. The number of nitriles is 1. The summed E-state index contributed by atoms with van der Waals surface area (Å²) < 4.78 is 0.652. The number of nitrogens with one attached hydrogen (secondary N) is 1. The predicted molar refractivity (Wildman–Crippen MR) is 95.6 cm³/mol. The van der Waals surface area contributed by atoms with Crippen molar-refractivity contribution in [2.45, 2.75) is 12.5 Å². The van der Waals surface area contributed by atoms with Crippen LogP contribution >= 0.6 is 15.9 Å². The first kappa shape index (κ1) is 16.2. The van der Waals surface area contributed by atoms with Crippen LogP contribution in [0.15, 0.2) is 70.4 Å². The van der Waals surface area contributed by atoms with Crippen molar-refractivity contribution in [3.8, 4) is 6.07 Å². The van der Waals surface area contributed by atoms with Gasteiger partial charge in [-0.3, -0.25) is 4.79 Å². The van der Waals surface area contributed by atoms with Crippen molar-refractivity contribution in [3.63, 3.8) is 0 Å². The highest BCUT2D eigenvalue weighted by molar-refractivity contribution is 9.10. The molecule has 4 nitrogen and oxygen atoms in total. The monoisotopic (exact) mass is 379 g/mol. The molecule has 0 saturated carbocycles. The van der Waals surface area contributed by atoms with Crippen molar-refractivity contribution in [3.05, 3.63) is 81.6 Å². The lowest BCUT2D eigenvalue weighted by molar-refractivity contribution is -0.117. The third-order valence-corrected chi connectivity index (χ3v) is 4.05. The molecule has 1 N–H and O–H groups in total. The van der Waals surface area contributed by atoms with E-state index in [0.29, 0.717) is 10.3 Å². The zero-order valence-electron chi connectivity index (χ0n) is 12.7. The molecule has 0 aliphatic heterocycles. The topological polar surface area (TPSA) is 65.8 Å². The Morgan fingerprint density at radius 1 is 1.25 bits per heavy atom. The number of aromatic nitrogens is 1. The summed E-state index contributed by atoms with van der Waals surface area (Å²) in [5.74, 6) is -0.402. The molecule has 0 radical (unpaired) electrons. The fourth-order valence-electron chi connectivity index (χ4n) is 2.34. The lowest BCUT2D eigenvalue weighted by Gasteiger charge is -2.16. The SMILES string of the molecule is N#C/C(=C\c1cccc(Br)n1)C(=O)N[C@@H](C1=CC1)c1ccccc1. The molecule has 5 heteroatoms. The predicted octanol–water partition coefficient (Wildman–Crippen LogP) is 3.94. The third kappa shape index (κ3) is 3.98. The van der Waals surface area contributed by atoms with Crippen LogP contribution in [0.5, 0.6) is 0 Å². The summed E-state index contributed by atoms with van der Waals surface area (Å²) in [5.41, 5.74) is 2.75. The van der Waals surface area contributed by atoms with Crippen LogP contribution in [0.3, 0.4) is 0 Å². The summed E-state index contributed by atoms with van der Waals surface area (Å²) in [7, 11) is 0. The molecular formula is C19H14BrN3O. The number of hydrogen-bond donors (Lipinski definition) is 1. The van der Waals surface area contributed by atoms with Crippen LogP contribution in [0.4, 0.5) is 0 Å². The maximum Gasteiger partial charge on any atom is 0.262 e. The van der Waals surface area contributed by atoms with Crippen LogP contribution in [0, 0.1) is 11.3 Å². The third-order valence-electron chi connectivity index (χ3n) is 3.61. The summed E-state index contributed by atoms with van der Waals surface area (Å²) in [4.78, 5) is 16.7. The average Bonchev–Trinajstić information content (AvgIpc) is 3.43. The number of carbonyl (C=O) groups is 1. The molecule has 1 aromatic carbocycles. The molecule has 1 atom stereocenters. The summed E-state index contributed by atoms with van der Waals surface area (Å²) in [5, 5.41) is 12.3. The highest BCUT2D eigenvalue weighted by Crippen LogP contribution is 2.33. The molecule has 1 aromatic heterocycles. The minimum Gasteiger partial charge on any atom is -0.341 e. The van der Waals surface area contributed by atoms with Crippen molar-refractivity contribution in [2.75, 3.05) is 0 Å². The Hall–Kier alpha value is -2.71. The van der Waals surface area contributed by atoms with Gasteiger partial charge in [0.05, 0.1) is 11.7 Å². The van der Waals surface area contributed by atoms with E-state index in [0.717, 1.165) is 17.6 Å². The standard InChI is InChI=1S/C19H14BrN3O/c20-17-8-4-7-16(22-17)11-15(12-21)19(24)23-18(14-9-10-14)13-5-2-1-3-6-13/h1-9,11,18H,10H2,(H,23,24)/b15-11+/t18-/m1/s1. The molecule has 3 rings (SSSR count). The molecule has 0 saturated heterocycles. The number of allylic oxidation sites excluding steroid dienone is 1. The number of rotatable bonds is 5. The van der Waals surface area contributed by atoms with Gasteiger partial charge < -0.3 is 5.32 Å². The fourth-order valence-corrected chi connectivity index (χ4v) is 2.70. The minimum absolute atomic E-state index is 0.0304. The van der Waals surface area contributed by atoms with Gasteiger partial charge >= 0.3 is 0 Å². The lowest BCUT2D eigenvalue weighted by atomic mass is 10.0. The smallest absolute Gasteiger partial charge is 0.262 e. The van der Waals surface area contributed by atoms with Gasteiger partial charge in [0.15, 0.2) is 0 Å². The van der Waals surface area contributed by atoms with Crippen LogP contribution in [-0.2, 0) is 4.79 Å². The Balaban J connectivity index is 1.81. The maximum atomic E-state index is 12.5. The summed E-state index contributed by atoms with van der Waals surface area (Å²) in [6.07, 6.45) is 4.45. The number of hydrogen-bond acceptors (Lipinski definition) is 3. The van der Waals surface area contributed by atoms with Gasteiger partial charge in [0.1, 0.15) is 16.2 Å². The molecule has 1 aliphatic rings. The van der Waals surface area contributed by atoms with Crippen LogP contribution < -0.4 is 5.32 Å². The van der Waals surface area contributed by atoms with E-state index in [1.807, 2.05) is 36.4 Å². The highest BCUT2D eigenvalue weighted by atomic mass is 79.9. The first-order valence-electron chi connectivity index (χ1n) is 7.46. The minimum atomic E-state index is -0.402. The summed E-state index contributed by atoms with van der Waals surface area (Å²) in [6, 6.07) is 16.8. The zero-order chi connectivity index (χ0) is 16.9. The first-order valence-corrected chi connectivity index (χ1v) is 8.26. The Bertz CT molecular complexity index is 866. The van der Waals surface area contributed by atoms with Gasteiger partial charge in [-0.25, -0.2) is 4.98 Å². The molecule has 2 aromatic rings.